The molecule has 7 heteroatoms. The number of hydrogen-bond donors (Lipinski definition) is 3. The monoisotopic (exact) mass is 321 g/mol. The summed E-state index contributed by atoms with van der Waals surface area (Å²) in [5.74, 6) is -2.04. The number of aliphatic hydroxyl groups is 1. The molecule has 1 amide bonds. The van der Waals surface area contributed by atoms with Gasteiger partial charge in [-0.15, -0.1) is 11.3 Å². The third-order valence-corrected chi connectivity index (χ3v) is 4.29. The number of amides is 1. The van der Waals surface area contributed by atoms with Crippen LogP contribution >= 0.6 is 11.3 Å². The molecule has 6 nitrogen and oxygen atoms in total. The van der Waals surface area contributed by atoms with Crippen LogP contribution in [-0.2, 0) is 9.59 Å². The molecule has 3 N–H and O–H groups in total. The van der Waals surface area contributed by atoms with Crippen LogP contribution in [-0.4, -0.2) is 29.2 Å². The van der Waals surface area contributed by atoms with Crippen LogP contribution in [0, 0.1) is 0 Å². The van der Waals surface area contributed by atoms with E-state index in [0.717, 1.165) is 10.4 Å². The Kier molecular flexibility index (Phi) is 4.79. The topological polar surface area (TPSA) is 95.9 Å². The summed E-state index contributed by atoms with van der Waals surface area (Å²) in [6.07, 6.45) is -0.826. The Hall–Kier alpha value is -2.38. The van der Waals surface area contributed by atoms with Crippen LogP contribution < -0.4 is 10.1 Å². The Morgan fingerprint density at radius 1 is 1.32 bits per heavy atom. The molecule has 0 spiro atoms. The molecule has 1 heterocycles. The summed E-state index contributed by atoms with van der Waals surface area (Å²) in [4.78, 5) is 23.3. The van der Waals surface area contributed by atoms with Gasteiger partial charge in [-0.1, -0.05) is 12.1 Å². The van der Waals surface area contributed by atoms with E-state index in [4.69, 9.17) is 9.84 Å². The number of rotatable bonds is 4. The van der Waals surface area contributed by atoms with Crippen molar-refractivity contribution in [1.82, 2.24) is 0 Å². The summed E-state index contributed by atoms with van der Waals surface area (Å²) in [7, 11) is 1.56. The molecule has 116 valence electrons. The summed E-state index contributed by atoms with van der Waals surface area (Å²) < 4.78 is 5.16. The van der Waals surface area contributed by atoms with Crippen LogP contribution in [0.4, 0.5) is 5.69 Å². The normalized spacial score (nSPS) is 11.8. The van der Waals surface area contributed by atoms with Crippen molar-refractivity contribution in [1.29, 1.82) is 0 Å². The van der Waals surface area contributed by atoms with Gasteiger partial charge in [0, 0.05) is 4.88 Å². The third kappa shape index (κ3) is 3.44. The number of carboxylic acids is 1. The van der Waals surface area contributed by atoms with Crippen molar-refractivity contribution in [2.45, 2.75) is 13.0 Å². The van der Waals surface area contributed by atoms with Crippen LogP contribution in [0.2, 0.25) is 0 Å². The number of anilines is 1. The number of hydrogen-bond acceptors (Lipinski definition) is 5. The first-order valence-electron chi connectivity index (χ1n) is 6.43. The fourth-order valence-corrected chi connectivity index (χ4v) is 2.96. The van der Waals surface area contributed by atoms with Crippen molar-refractivity contribution >= 4 is 28.9 Å². The maximum absolute atomic E-state index is 11.3. The smallest absolute Gasteiger partial charge is 0.394 e. The van der Waals surface area contributed by atoms with Gasteiger partial charge in [-0.25, -0.2) is 4.79 Å². The number of thiophene rings is 1. The molecular weight excluding hydrogens is 306 g/mol. The van der Waals surface area contributed by atoms with E-state index < -0.39 is 18.0 Å². The third-order valence-electron chi connectivity index (χ3n) is 2.94. The summed E-state index contributed by atoms with van der Waals surface area (Å²) in [5.41, 5.74) is 1.15. The Morgan fingerprint density at radius 3 is 2.64 bits per heavy atom. The van der Waals surface area contributed by atoms with E-state index in [-0.39, 0.29) is 0 Å². The van der Waals surface area contributed by atoms with Gasteiger partial charge in [-0.05, 0) is 30.7 Å². The molecule has 1 aromatic carbocycles. The van der Waals surface area contributed by atoms with Crippen molar-refractivity contribution in [3.63, 3.8) is 0 Å². The lowest BCUT2D eigenvalue weighted by Gasteiger charge is -2.05. The molecule has 0 saturated carbocycles. The van der Waals surface area contributed by atoms with Gasteiger partial charge >= 0.3 is 11.9 Å². The average Bonchev–Trinajstić information content (AvgIpc) is 2.91. The zero-order valence-corrected chi connectivity index (χ0v) is 12.8. The maximum atomic E-state index is 11.3. The fraction of sp³-hybridized carbons (Fsp3) is 0.200. The highest BCUT2D eigenvalue weighted by atomic mass is 32.1. The number of carbonyl (C=O) groups excluding carboxylic acids is 1. The van der Waals surface area contributed by atoms with Crippen molar-refractivity contribution < 1.29 is 24.5 Å². The standard InChI is InChI=1S/C15H15NO5S/c1-8(17)13-11(16-14(18)15(19)20)7-12(22-13)9-4-3-5-10(6-9)21-2/h3-8,17H,1-2H3,(H,16,18)(H,19,20). The number of carboxylic acid groups (broad SMARTS) is 1. The fourth-order valence-electron chi connectivity index (χ4n) is 1.91. The van der Waals surface area contributed by atoms with Crippen LogP contribution in [0.15, 0.2) is 30.3 Å². The number of aliphatic carboxylic acids is 1. The Balaban J connectivity index is 2.41. The lowest BCUT2D eigenvalue weighted by molar-refractivity contribution is -0.147. The van der Waals surface area contributed by atoms with Crippen molar-refractivity contribution in [3.8, 4) is 16.2 Å². The molecule has 0 fully saturated rings. The lowest BCUT2D eigenvalue weighted by Crippen LogP contribution is -2.22. The summed E-state index contributed by atoms with van der Waals surface area (Å²) in [6.45, 7) is 1.55. The molecule has 2 rings (SSSR count). The molecular formula is C15H15NO5S. The molecule has 2 aromatic rings. The number of aliphatic hydroxyl groups excluding tert-OH is 1. The van der Waals surface area contributed by atoms with Gasteiger partial charge in [0.2, 0.25) is 0 Å². The molecule has 1 aromatic heterocycles. The number of methoxy groups -OCH3 is 1. The largest absolute Gasteiger partial charge is 0.497 e. The SMILES string of the molecule is COc1cccc(-c2cc(NC(=O)C(=O)O)c(C(C)O)s2)c1. The Bertz CT molecular complexity index is 708. The van der Waals surface area contributed by atoms with Crippen molar-refractivity contribution in [2.75, 3.05) is 12.4 Å². The molecule has 22 heavy (non-hydrogen) atoms. The van der Waals surface area contributed by atoms with Crippen LogP contribution in [0.5, 0.6) is 5.75 Å². The minimum atomic E-state index is -1.58. The van der Waals surface area contributed by atoms with E-state index in [2.05, 4.69) is 5.32 Å². The minimum Gasteiger partial charge on any atom is -0.497 e. The first-order valence-corrected chi connectivity index (χ1v) is 7.24. The van der Waals surface area contributed by atoms with Crippen LogP contribution in [0.25, 0.3) is 10.4 Å². The molecule has 0 aliphatic carbocycles. The van der Waals surface area contributed by atoms with E-state index in [1.54, 1.807) is 26.2 Å². The first kappa shape index (κ1) is 16.0. The van der Waals surface area contributed by atoms with Crippen LogP contribution in [0.3, 0.4) is 0 Å². The second-order valence-electron chi connectivity index (χ2n) is 4.56. The van der Waals surface area contributed by atoms with Gasteiger partial charge in [0.15, 0.2) is 0 Å². The van der Waals surface area contributed by atoms with Crippen molar-refractivity contribution in [3.05, 3.63) is 35.2 Å². The molecule has 0 bridgehead atoms. The van der Waals surface area contributed by atoms with Gasteiger partial charge in [0.1, 0.15) is 5.75 Å². The molecule has 0 aliphatic heterocycles. The molecule has 0 aliphatic rings. The van der Waals surface area contributed by atoms with E-state index >= 15 is 0 Å². The highest BCUT2D eigenvalue weighted by molar-refractivity contribution is 7.16. The first-order chi connectivity index (χ1) is 10.4. The summed E-state index contributed by atoms with van der Waals surface area (Å²) in [6, 6.07) is 8.96. The molecule has 1 atom stereocenters. The average molecular weight is 321 g/mol. The van der Waals surface area contributed by atoms with Gasteiger partial charge in [0.05, 0.1) is 23.8 Å². The van der Waals surface area contributed by atoms with Crippen LogP contribution in [0.1, 0.15) is 17.9 Å². The van der Waals surface area contributed by atoms with Gasteiger partial charge < -0.3 is 20.3 Å². The Morgan fingerprint density at radius 2 is 2.05 bits per heavy atom. The van der Waals surface area contributed by atoms with E-state index in [1.807, 2.05) is 18.2 Å². The highest BCUT2D eigenvalue weighted by Gasteiger charge is 2.19. The quantitative estimate of drug-likeness (QED) is 0.752. The molecule has 1 unspecified atom stereocenters. The van der Waals surface area contributed by atoms with E-state index in [9.17, 15) is 14.7 Å². The molecule has 0 radical (unpaired) electrons. The number of carbonyl (C=O) groups is 2. The van der Waals surface area contributed by atoms with Crippen molar-refractivity contribution in [2.24, 2.45) is 0 Å². The predicted molar refractivity (Wildman–Crippen MR) is 83.2 cm³/mol. The Labute approximate surface area is 131 Å². The maximum Gasteiger partial charge on any atom is 0.394 e. The zero-order valence-electron chi connectivity index (χ0n) is 12.0. The number of nitrogens with one attached hydrogen (secondary N) is 1. The second kappa shape index (κ2) is 6.59. The van der Waals surface area contributed by atoms with E-state index in [1.165, 1.54) is 11.3 Å². The minimum absolute atomic E-state index is 0.296. The van der Waals surface area contributed by atoms with E-state index in [0.29, 0.717) is 16.3 Å². The van der Waals surface area contributed by atoms with Gasteiger partial charge in [-0.3, -0.25) is 4.79 Å². The molecule has 0 saturated heterocycles. The second-order valence-corrected chi connectivity index (χ2v) is 5.64. The lowest BCUT2D eigenvalue weighted by atomic mass is 10.1. The predicted octanol–water partition coefficient (Wildman–Crippen LogP) is 2.50. The summed E-state index contributed by atoms with van der Waals surface area (Å²) in [5, 5.41) is 20.8. The summed E-state index contributed by atoms with van der Waals surface area (Å²) >= 11 is 1.28. The van der Waals surface area contributed by atoms with Gasteiger partial charge in [-0.2, -0.15) is 0 Å². The van der Waals surface area contributed by atoms with Gasteiger partial charge in [0.25, 0.3) is 0 Å². The number of ether oxygens (including phenoxy) is 1. The number of benzene rings is 1. The highest BCUT2D eigenvalue weighted by Crippen LogP contribution is 2.39. The zero-order chi connectivity index (χ0) is 16.3.